The highest BCUT2D eigenvalue weighted by Crippen LogP contribution is 2.41. The molecule has 1 aromatic rings. The van der Waals surface area contributed by atoms with Crippen molar-refractivity contribution in [3.8, 4) is 5.75 Å². The molecule has 0 atom stereocenters. The van der Waals surface area contributed by atoms with Crippen molar-refractivity contribution in [1.29, 1.82) is 0 Å². The van der Waals surface area contributed by atoms with Gasteiger partial charge in [-0.05, 0) is 38.4 Å². The number of nitrogens with one attached hydrogen (secondary N) is 1. The molecule has 0 unspecified atom stereocenters. The quantitative estimate of drug-likeness (QED) is 0.870. The lowest BCUT2D eigenvalue weighted by atomic mass is 10.0. The van der Waals surface area contributed by atoms with Gasteiger partial charge in [-0.2, -0.15) is 0 Å². The standard InChI is InChI=1S/C11H14BrNO/c1-13-11(5-6-11)7-8-9(12)3-2-4-10(8)14/h2-4,13-14H,5-7H2,1H3. The molecule has 2 rings (SSSR count). The van der Waals surface area contributed by atoms with Gasteiger partial charge < -0.3 is 10.4 Å². The molecule has 1 aliphatic carbocycles. The molecule has 1 fully saturated rings. The highest BCUT2D eigenvalue weighted by atomic mass is 79.9. The Kier molecular flexibility index (Phi) is 2.54. The maximum Gasteiger partial charge on any atom is 0.119 e. The number of phenolic OH excluding ortho intramolecular Hbond substituents is 1. The molecule has 1 aromatic carbocycles. The van der Waals surface area contributed by atoms with Crippen molar-refractivity contribution in [2.75, 3.05) is 7.05 Å². The highest BCUT2D eigenvalue weighted by Gasteiger charge is 2.41. The van der Waals surface area contributed by atoms with Gasteiger partial charge in [0.05, 0.1) is 0 Å². The fourth-order valence-electron chi connectivity index (χ4n) is 1.73. The zero-order valence-corrected chi connectivity index (χ0v) is 9.76. The third kappa shape index (κ3) is 1.79. The van der Waals surface area contributed by atoms with Crippen molar-refractivity contribution in [3.63, 3.8) is 0 Å². The molecule has 3 heteroatoms. The number of aromatic hydroxyl groups is 1. The van der Waals surface area contributed by atoms with Crippen molar-refractivity contribution in [3.05, 3.63) is 28.2 Å². The van der Waals surface area contributed by atoms with Gasteiger partial charge in [-0.15, -0.1) is 0 Å². The molecule has 0 spiro atoms. The summed E-state index contributed by atoms with van der Waals surface area (Å²) in [6.07, 6.45) is 3.30. The van der Waals surface area contributed by atoms with Crippen LogP contribution in [0.5, 0.6) is 5.75 Å². The number of hydrogen-bond acceptors (Lipinski definition) is 2. The van der Waals surface area contributed by atoms with E-state index in [-0.39, 0.29) is 5.54 Å². The Balaban J connectivity index is 2.24. The summed E-state index contributed by atoms with van der Waals surface area (Å²) in [6.45, 7) is 0. The second kappa shape index (κ2) is 3.55. The zero-order valence-electron chi connectivity index (χ0n) is 8.18. The minimum absolute atomic E-state index is 0.237. The smallest absolute Gasteiger partial charge is 0.119 e. The molecule has 0 bridgehead atoms. The van der Waals surface area contributed by atoms with Gasteiger partial charge in [-0.1, -0.05) is 22.0 Å². The van der Waals surface area contributed by atoms with Gasteiger partial charge in [0.15, 0.2) is 0 Å². The van der Waals surface area contributed by atoms with Crippen LogP contribution in [0.25, 0.3) is 0 Å². The van der Waals surface area contributed by atoms with E-state index in [0.717, 1.165) is 16.5 Å². The van der Waals surface area contributed by atoms with Gasteiger partial charge in [0.25, 0.3) is 0 Å². The Morgan fingerprint density at radius 2 is 2.21 bits per heavy atom. The lowest BCUT2D eigenvalue weighted by Gasteiger charge is -2.15. The van der Waals surface area contributed by atoms with Gasteiger partial charge in [0.1, 0.15) is 5.75 Å². The van der Waals surface area contributed by atoms with Gasteiger partial charge >= 0.3 is 0 Å². The fraction of sp³-hybridized carbons (Fsp3) is 0.455. The first-order valence-corrected chi connectivity index (χ1v) is 5.61. The SMILES string of the molecule is CNC1(Cc2c(O)cccc2Br)CC1. The molecular weight excluding hydrogens is 242 g/mol. The summed E-state index contributed by atoms with van der Waals surface area (Å²) >= 11 is 3.47. The maximum atomic E-state index is 9.72. The van der Waals surface area contributed by atoms with E-state index < -0.39 is 0 Å². The summed E-state index contributed by atoms with van der Waals surface area (Å²) in [5, 5.41) is 13.0. The third-order valence-corrected chi connectivity index (χ3v) is 3.74. The van der Waals surface area contributed by atoms with E-state index in [1.807, 2.05) is 19.2 Å². The van der Waals surface area contributed by atoms with E-state index in [9.17, 15) is 5.11 Å². The van der Waals surface area contributed by atoms with E-state index in [1.54, 1.807) is 6.07 Å². The van der Waals surface area contributed by atoms with Crippen molar-refractivity contribution >= 4 is 15.9 Å². The Labute approximate surface area is 92.5 Å². The molecule has 76 valence electrons. The van der Waals surface area contributed by atoms with Gasteiger partial charge in [-0.25, -0.2) is 0 Å². The number of likely N-dealkylation sites (N-methyl/N-ethyl adjacent to an activating group) is 1. The van der Waals surface area contributed by atoms with Crippen molar-refractivity contribution in [2.24, 2.45) is 0 Å². The number of halogens is 1. The van der Waals surface area contributed by atoms with Crippen LogP contribution in [0.3, 0.4) is 0 Å². The molecule has 0 heterocycles. The van der Waals surface area contributed by atoms with Crippen LogP contribution < -0.4 is 5.32 Å². The molecule has 1 saturated carbocycles. The zero-order chi connectivity index (χ0) is 10.2. The van der Waals surface area contributed by atoms with E-state index in [1.165, 1.54) is 12.8 Å². The molecule has 0 aliphatic heterocycles. The first kappa shape index (κ1) is 9.99. The summed E-state index contributed by atoms with van der Waals surface area (Å²) < 4.78 is 0.999. The van der Waals surface area contributed by atoms with Crippen LogP contribution in [-0.2, 0) is 6.42 Å². The Morgan fingerprint density at radius 1 is 1.50 bits per heavy atom. The molecule has 0 radical (unpaired) electrons. The molecule has 14 heavy (non-hydrogen) atoms. The van der Waals surface area contributed by atoms with Crippen LogP contribution in [0.15, 0.2) is 22.7 Å². The predicted molar refractivity (Wildman–Crippen MR) is 60.5 cm³/mol. The number of hydrogen-bond donors (Lipinski definition) is 2. The Morgan fingerprint density at radius 3 is 2.71 bits per heavy atom. The van der Waals surface area contributed by atoms with Crippen molar-refractivity contribution < 1.29 is 5.11 Å². The number of benzene rings is 1. The Hall–Kier alpha value is -0.540. The molecule has 0 saturated heterocycles. The second-order valence-electron chi connectivity index (χ2n) is 3.94. The van der Waals surface area contributed by atoms with E-state index in [4.69, 9.17) is 0 Å². The molecule has 2 N–H and O–H groups in total. The lowest BCUT2D eigenvalue weighted by Crippen LogP contribution is -2.29. The van der Waals surface area contributed by atoms with Crippen LogP contribution in [-0.4, -0.2) is 17.7 Å². The molecule has 0 amide bonds. The fourth-order valence-corrected chi connectivity index (χ4v) is 2.22. The van der Waals surface area contributed by atoms with Gasteiger partial charge in [-0.3, -0.25) is 0 Å². The van der Waals surface area contributed by atoms with Crippen LogP contribution in [0, 0.1) is 0 Å². The predicted octanol–water partition coefficient (Wildman–Crippen LogP) is 2.45. The summed E-state index contributed by atoms with van der Waals surface area (Å²) in [5.41, 5.74) is 1.25. The highest BCUT2D eigenvalue weighted by molar-refractivity contribution is 9.10. The first-order chi connectivity index (χ1) is 6.67. The molecule has 2 nitrogen and oxygen atoms in total. The molecule has 1 aliphatic rings. The normalized spacial score (nSPS) is 18.1. The third-order valence-electron chi connectivity index (χ3n) is 2.99. The molecular formula is C11H14BrNO. The average molecular weight is 256 g/mol. The summed E-state index contributed by atoms with van der Waals surface area (Å²) in [5.74, 6) is 0.390. The second-order valence-corrected chi connectivity index (χ2v) is 4.80. The monoisotopic (exact) mass is 255 g/mol. The average Bonchev–Trinajstić information content (AvgIpc) is 2.93. The minimum atomic E-state index is 0.237. The largest absolute Gasteiger partial charge is 0.508 e. The first-order valence-electron chi connectivity index (χ1n) is 4.82. The Bertz CT molecular complexity index is 327. The van der Waals surface area contributed by atoms with E-state index >= 15 is 0 Å². The summed E-state index contributed by atoms with van der Waals surface area (Å²) in [7, 11) is 1.99. The number of phenols is 1. The van der Waals surface area contributed by atoms with Crippen LogP contribution in [0.1, 0.15) is 18.4 Å². The van der Waals surface area contributed by atoms with E-state index in [0.29, 0.717) is 5.75 Å². The van der Waals surface area contributed by atoms with Crippen molar-refractivity contribution in [1.82, 2.24) is 5.32 Å². The minimum Gasteiger partial charge on any atom is -0.508 e. The van der Waals surface area contributed by atoms with Gasteiger partial charge in [0.2, 0.25) is 0 Å². The topological polar surface area (TPSA) is 32.3 Å². The van der Waals surface area contributed by atoms with Crippen molar-refractivity contribution in [2.45, 2.75) is 24.8 Å². The number of rotatable bonds is 3. The van der Waals surface area contributed by atoms with E-state index in [2.05, 4.69) is 21.2 Å². The maximum absolute atomic E-state index is 9.72. The summed E-state index contributed by atoms with van der Waals surface area (Å²) in [4.78, 5) is 0. The van der Waals surface area contributed by atoms with Gasteiger partial charge in [0, 0.05) is 15.6 Å². The lowest BCUT2D eigenvalue weighted by molar-refractivity contribution is 0.456. The van der Waals surface area contributed by atoms with Crippen LogP contribution in [0.2, 0.25) is 0 Å². The van der Waals surface area contributed by atoms with Crippen LogP contribution >= 0.6 is 15.9 Å². The molecule has 0 aromatic heterocycles. The van der Waals surface area contributed by atoms with Crippen LogP contribution in [0.4, 0.5) is 0 Å². The summed E-state index contributed by atoms with van der Waals surface area (Å²) in [6, 6.07) is 5.56.